The lowest BCUT2D eigenvalue weighted by Gasteiger charge is -2.33. The van der Waals surface area contributed by atoms with E-state index in [0.717, 1.165) is 45.0 Å². The lowest BCUT2D eigenvalue weighted by Crippen LogP contribution is -2.30. The van der Waals surface area contributed by atoms with E-state index in [1.54, 1.807) is 55.5 Å². The molecular formula is C43H43N3O5S3. The number of thiophene rings is 2. The standard InChI is InChI=1S/C43H43N3O5S3/c1-5-51-42(50)36-33-22-21-29(43(2,3)4)24-35(33)54-41(36)46-40(49)37(27-14-8-6-9-15-27)53-32-19-12-18-30(25-32)44-39(48)34(26-31-20-13-23-52-31)45-38(47)28-16-10-7-11-17-28/h6-20,23,25-26,29,37H,5,21-22,24H2,1-4H3,(H,44,48)(H,45,47)(H,46,49)/b34-26-. The maximum atomic E-state index is 14.3. The summed E-state index contributed by atoms with van der Waals surface area (Å²) < 4.78 is 5.49. The van der Waals surface area contributed by atoms with Crippen molar-refractivity contribution in [3.8, 4) is 0 Å². The molecule has 8 nitrogen and oxygen atoms in total. The summed E-state index contributed by atoms with van der Waals surface area (Å²) in [5, 5.41) is 10.6. The quantitative estimate of drug-likeness (QED) is 0.0661. The van der Waals surface area contributed by atoms with Crippen molar-refractivity contribution in [2.24, 2.45) is 11.3 Å². The second kappa shape index (κ2) is 17.4. The molecule has 0 spiro atoms. The predicted octanol–water partition coefficient (Wildman–Crippen LogP) is 10.0. The van der Waals surface area contributed by atoms with E-state index in [0.29, 0.717) is 27.7 Å². The van der Waals surface area contributed by atoms with Crippen LogP contribution in [0.5, 0.6) is 0 Å². The number of rotatable bonds is 12. The minimum Gasteiger partial charge on any atom is -0.462 e. The Labute approximate surface area is 328 Å². The minimum atomic E-state index is -0.687. The largest absolute Gasteiger partial charge is 0.462 e. The number of fused-ring (bicyclic) bond motifs is 1. The average molecular weight is 778 g/mol. The van der Waals surface area contributed by atoms with Gasteiger partial charge in [0.05, 0.1) is 12.2 Å². The maximum absolute atomic E-state index is 14.3. The SMILES string of the molecule is CCOC(=O)c1c(NC(=O)C(Sc2cccc(NC(=O)/C(=C/c3cccs3)NC(=O)c3ccccc3)c2)c2ccccc2)sc2c1CCC(C(C)(C)C)C2. The fourth-order valence-electron chi connectivity index (χ4n) is 6.35. The molecule has 3 amide bonds. The molecular weight excluding hydrogens is 735 g/mol. The van der Waals surface area contributed by atoms with E-state index < -0.39 is 23.0 Å². The summed E-state index contributed by atoms with van der Waals surface area (Å²) in [6.07, 6.45) is 4.22. The molecule has 2 atom stereocenters. The number of amides is 3. The second-order valence-electron chi connectivity index (χ2n) is 14.0. The first-order chi connectivity index (χ1) is 26.0. The summed E-state index contributed by atoms with van der Waals surface area (Å²) in [4.78, 5) is 57.1. The monoisotopic (exact) mass is 777 g/mol. The van der Waals surface area contributed by atoms with Gasteiger partial charge in [-0.2, -0.15) is 0 Å². The highest BCUT2D eigenvalue weighted by molar-refractivity contribution is 8.00. The van der Waals surface area contributed by atoms with Crippen LogP contribution in [0.25, 0.3) is 6.08 Å². The maximum Gasteiger partial charge on any atom is 0.341 e. The molecule has 2 unspecified atom stereocenters. The van der Waals surface area contributed by atoms with E-state index in [-0.39, 0.29) is 23.6 Å². The Morgan fingerprint density at radius 2 is 1.67 bits per heavy atom. The Morgan fingerprint density at radius 3 is 2.35 bits per heavy atom. The molecule has 6 rings (SSSR count). The Bertz CT molecular complexity index is 2140. The van der Waals surface area contributed by atoms with Crippen molar-refractivity contribution in [3.05, 3.63) is 140 Å². The summed E-state index contributed by atoms with van der Waals surface area (Å²) in [6, 6.07) is 29.2. The molecule has 11 heteroatoms. The molecule has 3 N–H and O–H groups in total. The molecule has 2 aromatic heterocycles. The molecule has 54 heavy (non-hydrogen) atoms. The van der Waals surface area contributed by atoms with Gasteiger partial charge < -0.3 is 20.7 Å². The first kappa shape index (κ1) is 38.7. The van der Waals surface area contributed by atoms with Gasteiger partial charge in [0.25, 0.3) is 11.8 Å². The zero-order valence-corrected chi connectivity index (χ0v) is 33.1. The van der Waals surface area contributed by atoms with Crippen LogP contribution in [0.1, 0.15) is 81.0 Å². The highest BCUT2D eigenvalue weighted by Crippen LogP contribution is 2.45. The van der Waals surface area contributed by atoms with Crippen molar-refractivity contribution in [1.29, 1.82) is 0 Å². The van der Waals surface area contributed by atoms with Gasteiger partial charge in [0.15, 0.2) is 0 Å². The van der Waals surface area contributed by atoms with E-state index in [1.807, 2.05) is 60.0 Å². The third kappa shape index (κ3) is 9.57. The summed E-state index contributed by atoms with van der Waals surface area (Å²) in [6.45, 7) is 8.76. The summed E-state index contributed by atoms with van der Waals surface area (Å²) in [5.41, 5.74) is 3.36. The Kier molecular flexibility index (Phi) is 12.5. The van der Waals surface area contributed by atoms with Crippen LogP contribution in [0, 0.1) is 11.3 Å². The van der Waals surface area contributed by atoms with Gasteiger partial charge in [-0.1, -0.05) is 81.4 Å². The molecule has 0 bridgehead atoms. The fourth-order valence-corrected chi connectivity index (χ4v) is 9.41. The number of hydrogen-bond acceptors (Lipinski definition) is 8. The molecule has 278 valence electrons. The van der Waals surface area contributed by atoms with Gasteiger partial charge in [0.2, 0.25) is 5.91 Å². The Morgan fingerprint density at radius 1 is 0.926 bits per heavy atom. The summed E-state index contributed by atoms with van der Waals surface area (Å²) >= 11 is 4.26. The molecule has 1 aliphatic rings. The number of ether oxygens (including phenoxy) is 1. The molecule has 3 aromatic carbocycles. The number of benzene rings is 3. The molecule has 1 aliphatic carbocycles. The van der Waals surface area contributed by atoms with Gasteiger partial charge in [0, 0.05) is 25.9 Å². The van der Waals surface area contributed by atoms with Crippen molar-refractivity contribution >= 4 is 74.9 Å². The van der Waals surface area contributed by atoms with Crippen molar-refractivity contribution in [3.63, 3.8) is 0 Å². The third-order valence-electron chi connectivity index (χ3n) is 9.25. The Hall–Kier alpha value is -4.97. The fraction of sp³-hybridized carbons (Fsp3) is 0.256. The topological polar surface area (TPSA) is 114 Å². The molecule has 5 aromatic rings. The van der Waals surface area contributed by atoms with Crippen molar-refractivity contribution in [1.82, 2.24) is 5.32 Å². The molecule has 0 aliphatic heterocycles. The second-order valence-corrected chi connectivity index (χ2v) is 17.3. The number of thioether (sulfide) groups is 1. The predicted molar refractivity (Wildman–Crippen MR) is 220 cm³/mol. The average Bonchev–Trinajstić information content (AvgIpc) is 3.81. The van der Waals surface area contributed by atoms with Crippen LogP contribution in [0.4, 0.5) is 10.7 Å². The normalized spacial score (nSPS) is 14.7. The van der Waals surface area contributed by atoms with Gasteiger partial charge in [-0.25, -0.2) is 4.79 Å². The third-order valence-corrected chi connectivity index (χ3v) is 12.5. The van der Waals surface area contributed by atoms with Crippen molar-refractivity contribution < 1.29 is 23.9 Å². The van der Waals surface area contributed by atoms with Crippen LogP contribution in [-0.2, 0) is 27.2 Å². The van der Waals surface area contributed by atoms with Crippen LogP contribution in [0.15, 0.2) is 113 Å². The molecule has 2 heterocycles. The van der Waals surface area contributed by atoms with Gasteiger partial charge in [-0.15, -0.1) is 34.4 Å². The lowest BCUT2D eigenvalue weighted by molar-refractivity contribution is -0.116. The Balaban J connectivity index is 1.24. The summed E-state index contributed by atoms with van der Waals surface area (Å²) in [7, 11) is 0. The first-order valence-corrected chi connectivity index (χ1v) is 20.4. The summed E-state index contributed by atoms with van der Waals surface area (Å²) in [5.74, 6) is -1.12. The van der Waals surface area contributed by atoms with E-state index >= 15 is 0 Å². The smallest absolute Gasteiger partial charge is 0.341 e. The van der Waals surface area contributed by atoms with Crippen molar-refractivity contribution in [2.75, 3.05) is 17.2 Å². The number of carbonyl (C=O) groups excluding carboxylic acids is 4. The first-order valence-electron chi connectivity index (χ1n) is 17.9. The van der Waals surface area contributed by atoms with E-state index in [9.17, 15) is 19.2 Å². The highest BCUT2D eigenvalue weighted by Gasteiger charge is 2.35. The highest BCUT2D eigenvalue weighted by atomic mass is 32.2. The van der Waals surface area contributed by atoms with Crippen LogP contribution >= 0.6 is 34.4 Å². The van der Waals surface area contributed by atoms with E-state index in [4.69, 9.17) is 4.74 Å². The molecule has 0 saturated heterocycles. The van der Waals surface area contributed by atoms with E-state index in [2.05, 4.69) is 36.7 Å². The number of esters is 1. The van der Waals surface area contributed by atoms with Crippen LogP contribution < -0.4 is 16.0 Å². The zero-order chi connectivity index (χ0) is 38.2. The van der Waals surface area contributed by atoms with Crippen molar-refractivity contribution in [2.45, 2.75) is 57.1 Å². The van der Waals surface area contributed by atoms with Crippen LogP contribution in [0.3, 0.4) is 0 Å². The number of nitrogens with one attached hydrogen (secondary N) is 3. The van der Waals surface area contributed by atoms with E-state index in [1.165, 1.54) is 34.4 Å². The van der Waals surface area contributed by atoms with Crippen LogP contribution in [0.2, 0.25) is 0 Å². The van der Waals surface area contributed by atoms with Gasteiger partial charge in [0.1, 0.15) is 15.9 Å². The molecule has 0 radical (unpaired) electrons. The lowest BCUT2D eigenvalue weighted by atomic mass is 9.72. The van der Waals surface area contributed by atoms with Gasteiger partial charge >= 0.3 is 5.97 Å². The molecule has 0 saturated carbocycles. The number of hydrogen-bond donors (Lipinski definition) is 3. The van der Waals surface area contributed by atoms with Gasteiger partial charge in [-0.05, 0) is 96.5 Å². The van der Waals surface area contributed by atoms with Crippen LogP contribution in [-0.4, -0.2) is 30.3 Å². The number of carbonyl (C=O) groups is 4. The zero-order valence-electron chi connectivity index (χ0n) is 30.6. The number of anilines is 2. The van der Waals surface area contributed by atoms with Gasteiger partial charge in [-0.3, -0.25) is 14.4 Å². The molecule has 0 fully saturated rings. The minimum absolute atomic E-state index is 0.0933.